The lowest BCUT2D eigenvalue weighted by Crippen LogP contribution is -2.16. The Kier molecular flexibility index (Phi) is 4.79. The van der Waals surface area contributed by atoms with E-state index >= 15 is 0 Å². The predicted octanol–water partition coefficient (Wildman–Crippen LogP) is 2.30. The second-order valence-electron chi connectivity index (χ2n) is 5.28. The molecule has 138 valence electrons. The smallest absolute Gasteiger partial charge is 0.347 e. The molecule has 7 nitrogen and oxygen atoms in total. The number of alkyl halides is 3. The van der Waals surface area contributed by atoms with Crippen molar-refractivity contribution in [2.45, 2.75) is 24.4 Å². The maximum absolute atomic E-state index is 14.4. The number of rotatable bonds is 4. The molecule has 0 spiro atoms. The van der Waals surface area contributed by atoms with Crippen LogP contribution in [-0.4, -0.2) is 41.8 Å². The molecule has 0 saturated carbocycles. The molecular formula is C13H14F4N4O3S. The van der Waals surface area contributed by atoms with E-state index in [0.717, 1.165) is 17.0 Å². The number of benzene rings is 1. The monoisotopic (exact) mass is 382 g/mol. The Labute approximate surface area is 140 Å². The standard InChI is InChI=1S/C13H14F4N4O3S/c1-4-7-5-8(14)9(6-10(7)25(22,23)24)21-12(20(2)3)18-11(19-21)13(15,16)17/h5-6H,4H2,1-3H3,(H,22,23,24). The summed E-state index contributed by atoms with van der Waals surface area (Å²) in [5.74, 6) is -2.88. The Morgan fingerprint density at radius 3 is 2.32 bits per heavy atom. The highest BCUT2D eigenvalue weighted by Crippen LogP contribution is 2.31. The zero-order valence-corrected chi connectivity index (χ0v) is 14.2. The summed E-state index contributed by atoms with van der Waals surface area (Å²) in [7, 11) is -1.98. The van der Waals surface area contributed by atoms with Gasteiger partial charge in [0.2, 0.25) is 5.95 Å². The number of hydrogen-bond donors (Lipinski definition) is 1. The molecule has 0 bridgehead atoms. The van der Waals surface area contributed by atoms with Crippen molar-refractivity contribution in [2.75, 3.05) is 19.0 Å². The molecule has 0 unspecified atom stereocenters. The molecule has 0 saturated heterocycles. The SMILES string of the molecule is CCc1cc(F)c(-n2nc(C(F)(F)F)nc2N(C)C)cc1S(=O)(=O)O. The van der Waals surface area contributed by atoms with Crippen molar-refractivity contribution in [3.63, 3.8) is 0 Å². The van der Waals surface area contributed by atoms with E-state index in [2.05, 4.69) is 10.1 Å². The molecule has 0 aliphatic rings. The number of anilines is 1. The van der Waals surface area contributed by atoms with Gasteiger partial charge in [-0.25, -0.2) is 4.39 Å². The lowest BCUT2D eigenvalue weighted by Gasteiger charge is -2.15. The lowest BCUT2D eigenvalue weighted by atomic mass is 10.1. The maximum atomic E-state index is 14.4. The Morgan fingerprint density at radius 1 is 1.28 bits per heavy atom. The van der Waals surface area contributed by atoms with Crippen LogP contribution in [0.5, 0.6) is 0 Å². The maximum Gasteiger partial charge on any atom is 0.453 e. The van der Waals surface area contributed by atoms with Crippen molar-refractivity contribution in [3.8, 4) is 5.69 Å². The van der Waals surface area contributed by atoms with Gasteiger partial charge in [0.25, 0.3) is 15.9 Å². The normalized spacial score (nSPS) is 12.5. The fraction of sp³-hybridized carbons (Fsp3) is 0.385. The fourth-order valence-corrected chi connectivity index (χ4v) is 2.93. The van der Waals surface area contributed by atoms with Crippen LogP contribution in [0.4, 0.5) is 23.5 Å². The van der Waals surface area contributed by atoms with Crippen LogP contribution >= 0.6 is 0 Å². The van der Waals surface area contributed by atoms with E-state index < -0.39 is 38.5 Å². The van der Waals surface area contributed by atoms with Gasteiger partial charge in [-0.15, -0.1) is 5.10 Å². The van der Waals surface area contributed by atoms with Crippen LogP contribution in [0.2, 0.25) is 0 Å². The Balaban J connectivity index is 2.80. The first-order valence-electron chi connectivity index (χ1n) is 6.88. The molecule has 2 rings (SSSR count). The average molecular weight is 382 g/mol. The summed E-state index contributed by atoms with van der Waals surface area (Å²) < 4.78 is 85.8. The lowest BCUT2D eigenvalue weighted by molar-refractivity contribution is -0.144. The van der Waals surface area contributed by atoms with Crippen LogP contribution in [0, 0.1) is 5.82 Å². The Morgan fingerprint density at radius 2 is 1.88 bits per heavy atom. The highest BCUT2D eigenvalue weighted by Gasteiger charge is 2.38. The van der Waals surface area contributed by atoms with Crippen LogP contribution in [-0.2, 0) is 22.7 Å². The van der Waals surface area contributed by atoms with Gasteiger partial charge in [-0.05, 0) is 24.1 Å². The molecule has 25 heavy (non-hydrogen) atoms. The summed E-state index contributed by atoms with van der Waals surface area (Å²) in [6.45, 7) is 1.53. The number of hydrogen-bond acceptors (Lipinski definition) is 5. The quantitative estimate of drug-likeness (QED) is 0.645. The van der Waals surface area contributed by atoms with Crippen molar-refractivity contribution in [2.24, 2.45) is 0 Å². The van der Waals surface area contributed by atoms with Gasteiger partial charge in [-0.1, -0.05) is 6.92 Å². The molecular weight excluding hydrogens is 368 g/mol. The van der Waals surface area contributed by atoms with E-state index in [0.29, 0.717) is 4.68 Å². The van der Waals surface area contributed by atoms with E-state index in [9.17, 15) is 30.5 Å². The zero-order valence-electron chi connectivity index (χ0n) is 13.3. The minimum absolute atomic E-state index is 0.0219. The predicted molar refractivity (Wildman–Crippen MR) is 79.8 cm³/mol. The highest BCUT2D eigenvalue weighted by molar-refractivity contribution is 7.85. The molecule has 1 heterocycles. The second-order valence-corrected chi connectivity index (χ2v) is 6.67. The molecule has 1 aromatic heterocycles. The first-order chi connectivity index (χ1) is 11.4. The topological polar surface area (TPSA) is 88.3 Å². The van der Waals surface area contributed by atoms with E-state index in [1.54, 1.807) is 0 Å². The summed E-state index contributed by atoms with van der Waals surface area (Å²) >= 11 is 0. The molecule has 12 heteroatoms. The molecule has 0 fully saturated rings. The number of nitrogens with zero attached hydrogens (tertiary/aromatic N) is 4. The average Bonchev–Trinajstić information content (AvgIpc) is 2.90. The van der Waals surface area contributed by atoms with Gasteiger partial charge < -0.3 is 4.90 Å². The summed E-state index contributed by atoms with van der Waals surface area (Å²) in [5, 5.41) is 3.23. The summed E-state index contributed by atoms with van der Waals surface area (Å²) in [5.41, 5.74) is -0.608. The first-order valence-corrected chi connectivity index (χ1v) is 8.32. The summed E-state index contributed by atoms with van der Waals surface area (Å²) in [4.78, 5) is 3.85. The van der Waals surface area contributed by atoms with Gasteiger partial charge in [0.1, 0.15) is 11.5 Å². The van der Waals surface area contributed by atoms with Crippen LogP contribution in [0.25, 0.3) is 5.69 Å². The van der Waals surface area contributed by atoms with Crippen molar-refractivity contribution < 1.29 is 30.5 Å². The molecule has 0 amide bonds. The highest BCUT2D eigenvalue weighted by atomic mass is 32.2. The van der Waals surface area contributed by atoms with Crippen LogP contribution < -0.4 is 4.90 Å². The molecule has 0 aliphatic heterocycles. The van der Waals surface area contributed by atoms with Gasteiger partial charge in [-0.3, -0.25) is 4.55 Å². The zero-order chi connectivity index (χ0) is 19.2. The first kappa shape index (κ1) is 19.1. The van der Waals surface area contributed by atoms with E-state index in [1.165, 1.54) is 21.0 Å². The summed E-state index contributed by atoms with van der Waals surface area (Å²) in [6, 6.07) is 1.55. The number of aryl methyl sites for hydroxylation is 1. The van der Waals surface area contributed by atoms with Crippen LogP contribution in [0.1, 0.15) is 18.3 Å². The Bertz CT molecular complexity index is 907. The van der Waals surface area contributed by atoms with E-state index in [4.69, 9.17) is 0 Å². The molecule has 0 aliphatic carbocycles. The largest absolute Gasteiger partial charge is 0.453 e. The molecule has 1 aromatic carbocycles. The van der Waals surface area contributed by atoms with Gasteiger partial charge >= 0.3 is 6.18 Å². The van der Waals surface area contributed by atoms with Crippen LogP contribution in [0.15, 0.2) is 17.0 Å². The Hall–Kier alpha value is -2.21. The van der Waals surface area contributed by atoms with Gasteiger partial charge in [0.15, 0.2) is 0 Å². The van der Waals surface area contributed by atoms with Crippen molar-refractivity contribution in [1.82, 2.24) is 14.8 Å². The van der Waals surface area contributed by atoms with Crippen molar-refractivity contribution in [1.29, 1.82) is 0 Å². The van der Waals surface area contributed by atoms with Gasteiger partial charge in [0, 0.05) is 14.1 Å². The number of aromatic nitrogens is 3. The molecule has 1 N–H and O–H groups in total. The molecule has 0 atom stereocenters. The van der Waals surface area contributed by atoms with Crippen LogP contribution in [0.3, 0.4) is 0 Å². The molecule has 0 radical (unpaired) electrons. The second kappa shape index (κ2) is 6.26. The number of halogens is 4. The molecule has 2 aromatic rings. The third kappa shape index (κ3) is 3.74. The minimum atomic E-state index is -4.87. The van der Waals surface area contributed by atoms with E-state index in [-0.39, 0.29) is 17.9 Å². The fourth-order valence-electron chi connectivity index (χ4n) is 2.14. The third-order valence-electron chi connectivity index (χ3n) is 3.26. The summed E-state index contributed by atoms with van der Waals surface area (Å²) in [6.07, 6.45) is -4.79. The van der Waals surface area contributed by atoms with E-state index in [1.807, 2.05) is 0 Å². The van der Waals surface area contributed by atoms with Gasteiger partial charge in [-0.2, -0.15) is 31.3 Å². The third-order valence-corrected chi connectivity index (χ3v) is 4.20. The minimum Gasteiger partial charge on any atom is -0.347 e. The van der Waals surface area contributed by atoms with Gasteiger partial charge in [0.05, 0.1) is 4.90 Å². The van der Waals surface area contributed by atoms with Crippen molar-refractivity contribution >= 4 is 16.1 Å². The van der Waals surface area contributed by atoms with Crippen molar-refractivity contribution in [3.05, 3.63) is 29.3 Å².